The monoisotopic (exact) mass is 251 g/mol. The highest BCUT2D eigenvalue weighted by Crippen LogP contribution is 2.22. The summed E-state index contributed by atoms with van der Waals surface area (Å²) in [7, 11) is 0. The van der Waals surface area contributed by atoms with E-state index in [1.54, 1.807) is 18.2 Å². The number of halogens is 1. The Hall–Kier alpha value is -1.61. The van der Waals surface area contributed by atoms with Crippen molar-refractivity contribution < 1.29 is 9.32 Å². The van der Waals surface area contributed by atoms with Crippen molar-refractivity contribution in [1.29, 1.82) is 0 Å². The molecule has 0 saturated heterocycles. The molecule has 1 aromatic heterocycles. The van der Waals surface area contributed by atoms with Crippen LogP contribution in [0.5, 0.6) is 0 Å². The Balaban J connectivity index is 0.000000686. The molecule has 0 aliphatic rings. The number of hydrogen-bond acceptors (Lipinski definition) is 3. The molecule has 0 atom stereocenters. The highest BCUT2D eigenvalue weighted by Gasteiger charge is 2.09. The molecule has 0 spiro atoms. The Labute approximate surface area is 105 Å². The number of nitrogens with zero attached hydrogens (tertiary/aromatic N) is 1. The first kappa shape index (κ1) is 13.5. The average Bonchev–Trinajstić information content (AvgIpc) is 2.82. The maximum Gasteiger partial charge on any atom is 0.181 e. The second kappa shape index (κ2) is 6.21. The lowest BCUT2D eigenvalue weighted by atomic mass is 10.1. The minimum absolute atomic E-state index is 0.112. The van der Waals surface area contributed by atoms with E-state index in [1.165, 1.54) is 6.92 Å². The molecule has 2 rings (SSSR count). The van der Waals surface area contributed by atoms with Gasteiger partial charge in [0, 0.05) is 23.6 Å². The van der Waals surface area contributed by atoms with Crippen LogP contribution in [0, 0.1) is 0 Å². The lowest BCUT2D eigenvalue weighted by Crippen LogP contribution is -1.89. The molecule has 4 heteroatoms. The summed E-state index contributed by atoms with van der Waals surface area (Å²) in [5.41, 5.74) is 1.18. The van der Waals surface area contributed by atoms with Gasteiger partial charge in [0.05, 0.1) is 0 Å². The van der Waals surface area contributed by atoms with E-state index in [9.17, 15) is 4.79 Å². The largest absolute Gasteiger partial charge is 0.356 e. The standard InChI is InChI=1S/C11H8ClNO2.C2H6/c1-7(14)10-6-11(15-13-10)8-2-4-9(12)5-3-8;1-2/h2-6H,1H3;1-2H3. The molecule has 0 N–H and O–H groups in total. The fraction of sp³-hybridized carbons (Fsp3) is 0.231. The smallest absolute Gasteiger partial charge is 0.181 e. The molecule has 0 bridgehead atoms. The zero-order valence-corrected chi connectivity index (χ0v) is 10.8. The SMILES string of the molecule is CC.CC(=O)c1cc(-c2ccc(Cl)cc2)on1. The summed E-state index contributed by atoms with van der Waals surface area (Å²) in [6.45, 7) is 5.45. The van der Waals surface area contributed by atoms with Crippen molar-refractivity contribution in [3.63, 3.8) is 0 Å². The zero-order valence-electron chi connectivity index (χ0n) is 10.0. The van der Waals surface area contributed by atoms with E-state index in [-0.39, 0.29) is 5.78 Å². The van der Waals surface area contributed by atoms with Gasteiger partial charge in [-0.1, -0.05) is 30.6 Å². The van der Waals surface area contributed by atoms with Crippen LogP contribution in [0.1, 0.15) is 31.3 Å². The van der Waals surface area contributed by atoms with Crippen LogP contribution < -0.4 is 0 Å². The van der Waals surface area contributed by atoms with Gasteiger partial charge in [0.15, 0.2) is 11.5 Å². The van der Waals surface area contributed by atoms with Gasteiger partial charge in [0.1, 0.15) is 5.69 Å². The summed E-state index contributed by atoms with van der Waals surface area (Å²) in [5.74, 6) is 0.454. The number of carbonyl (C=O) groups excluding carboxylic acids is 1. The van der Waals surface area contributed by atoms with Crippen molar-refractivity contribution >= 4 is 17.4 Å². The molecular weight excluding hydrogens is 238 g/mol. The van der Waals surface area contributed by atoms with Crippen LogP contribution in [0.4, 0.5) is 0 Å². The van der Waals surface area contributed by atoms with Crippen molar-refractivity contribution in [2.45, 2.75) is 20.8 Å². The topological polar surface area (TPSA) is 43.1 Å². The molecule has 0 aliphatic heterocycles. The van der Waals surface area contributed by atoms with E-state index in [2.05, 4.69) is 5.16 Å². The molecule has 0 aliphatic carbocycles. The third-order valence-electron chi connectivity index (χ3n) is 2.00. The molecule has 2 aromatic rings. The number of benzene rings is 1. The van der Waals surface area contributed by atoms with Crippen molar-refractivity contribution in [3.05, 3.63) is 41.0 Å². The van der Waals surface area contributed by atoms with Crippen LogP contribution in [-0.2, 0) is 0 Å². The minimum atomic E-state index is -0.112. The normalized spacial score (nSPS) is 9.41. The third-order valence-corrected chi connectivity index (χ3v) is 2.25. The van der Waals surface area contributed by atoms with E-state index in [4.69, 9.17) is 16.1 Å². The summed E-state index contributed by atoms with van der Waals surface area (Å²) < 4.78 is 5.04. The lowest BCUT2D eigenvalue weighted by molar-refractivity contribution is 0.100. The van der Waals surface area contributed by atoms with E-state index in [0.717, 1.165) is 5.56 Å². The van der Waals surface area contributed by atoms with E-state index in [0.29, 0.717) is 16.5 Å². The predicted octanol–water partition coefficient (Wildman–Crippen LogP) is 4.22. The first-order valence-electron chi connectivity index (χ1n) is 5.40. The number of hydrogen-bond donors (Lipinski definition) is 0. The summed E-state index contributed by atoms with van der Waals surface area (Å²) in [5, 5.41) is 4.31. The van der Waals surface area contributed by atoms with Crippen LogP contribution in [0.2, 0.25) is 5.02 Å². The fourth-order valence-corrected chi connectivity index (χ4v) is 1.32. The molecule has 1 heterocycles. The third kappa shape index (κ3) is 3.43. The quantitative estimate of drug-likeness (QED) is 0.751. The van der Waals surface area contributed by atoms with Gasteiger partial charge >= 0.3 is 0 Å². The molecule has 1 aromatic carbocycles. The Morgan fingerprint density at radius 3 is 2.29 bits per heavy atom. The van der Waals surface area contributed by atoms with Crippen LogP contribution in [0.25, 0.3) is 11.3 Å². The van der Waals surface area contributed by atoms with Crippen LogP contribution in [0.3, 0.4) is 0 Å². The number of ketones is 1. The van der Waals surface area contributed by atoms with Crippen LogP contribution in [0.15, 0.2) is 34.9 Å². The molecular formula is C13H14ClNO2. The van der Waals surface area contributed by atoms with Crippen LogP contribution in [-0.4, -0.2) is 10.9 Å². The second-order valence-electron chi connectivity index (χ2n) is 3.14. The number of Topliss-reactive ketones (excluding diaryl/α,β-unsaturated/α-hetero) is 1. The van der Waals surface area contributed by atoms with Gasteiger partial charge in [-0.3, -0.25) is 4.79 Å². The molecule has 17 heavy (non-hydrogen) atoms. The van der Waals surface area contributed by atoms with E-state index < -0.39 is 0 Å². The van der Waals surface area contributed by atoms with Gasteiger partial charge in [-0.05, 0) is 24.3 Å². The van der Waals surface area contributed by atoms with E-state index >= 15 is 0 Å². The molecule has 0 amide bonds. The second-order valence-corrected chi connectivity index (χ2v) is 3.58. The van der Waals surface area contributed by atoms with Gasteiger partial charge < -0.3 is 4.52 Å². The van der Waals surface area contributed by atoms with Gasteiger partial charge in [-0.2, -0.15) is 0 Å². The number of rotatable bonds is 2. The van der Waals surface area contributed by atoms with Crippen molar-refractivity contribution in [2.24, 2.45) is 0 Å². The minimum Gasteiger partial charge on any atom is -0.356 e. The van der Waals surface area contributed by atoms with Gasteiger partial charge in [0.25, 0.3) is 0 Å². The highest BCUT2D eigenvalue weighted by atomic mass is 35.5. The summed E-state index contributed by atoms with van der Waals surface area (Å²) in [4.78, 5) is 11.0. The molecule has 90 valence electrons. The molecule has 0 radical (unpaired) electrons. The first-order chi connectivity index (χ1) is 8.16. The Morgan fingerprint density at radius 1 is 1.24 bits per heavy atom. The first-order valence-corrected chi connectivity index (χ1v) is 5.78. The highest BCUT2D eigenvalue weighted by molar-refractivity contribution is 6.30. The lowest BCUT2D eigenvalue weighted by Gasteiger charge is -1.93. The number of aromatic nitrogens is 1. The number of carbonyl (C=O) groups is 1. The van der Waals surface area contributed by atoms with Gasteiger partial charge in [-0.25, -0.2) is 0 Å². The Morgan fingerprint density at radius 2 is 1.82 bits per heavy atom. The average molecular weight is 252 g/mol. The summed E-state index contributed by atoms with van der Waals surface area (Å²) in [6, 6.07) is 8.75. The molecule has 3 nitrogen and oxygen atoms in total. The van der Waals surface area contributed by atoms with Crippen molar-refractivity contribution in [2.75, 3.05) is 0 Å². The fourth-order valence-electron chi connectivity index (χ4n) is 1.19. The van der Waals surface area contributed by atoms with Crippen molar-refractivity contribution in [3.8, 4) is 11.3 Å². The zero-order chi connectivity index (χ0) is 12.8. The van der Waals surface area contributed by atoms with Gasteiger partial charge in [-0.15, -0.1) is 0 Å². The van der Waals surface area contributed by atoms with Crippen LogP contribution >= 0.6 is 11.6 Å². The maximum absolute atomic E-state index is 11.0. The van der Waals surface area contributed by atoms with Crippen molar-refractivity contribution in [1.82, 2.24) is 5.16 Å². The molecule has 0 saturated carbocycles. The summed E-state index contributed by atoms with van der Waals surface area (Å²) in [6.07, 6.45) is 0. The van der Waals surface area contributed by atoms with E-state index in [1.807, 2.05) is 26.0 Å². The predicted molar refractivity (Wildman–Crippen MR) is 68.3 cm³/mol. The Kier molecular flexibility index (Phi) is 4.91. The van der Waals surface area contributed by atoms with Gasteiger partial charge in [0.2, 0.25) is 0 Å². The molecule has 0 unspecified atom stereocenters. The Bertz CT molecular complexity index is 488. The maximum atomic E-state index is 11.0. The molecule has 0 fully saturated rings. The summed E-state index contributed by atoms with van der Waals surface area (Å²) >= 11 is 5.75.